The molecule has 0 aliphatic carbocycles. The third kappa shape index (κ3) is 2.85. The molecule has 1 atom stereocenters. The largest absolute Gasteiger partial charge is 0.396 e. The number of rotatable bonds is 3. The Morgan fingerprint density at radius 1 is 1.33 bits per heavy atom. The smallest absolute Gasteiger partial charge is 0.0595 e. The molecule has 0 fully saturated rings. The molecule has 0 heterocycles. The van der Waals surface area contributed by atoms with Crippen molar-refractivity contribution in [1.29, 1.82) is 0 Å². The fourth-order valence-electron chi connectivity index (χ4n) is 1.26. The van der Waals surface area contributed by atoms with Crippen LogP contribution in [0.15, 0.2) is 18.2 Å². The average Bonchev–Trinajstić information content (AvgIpc) is 2.21. The predicted molar refractivity (Wildman–Crippen MR) is 64.3 cm³/mol. The standard InChI is InChI=1S/C11H15Cl2NO/c1-11(2,6-15)10(14)7-3-4-8(12)9(13)5-7/h3-5,10,15H,6,14H2,1-2H3/t10-/m0/s1. The monoisotopic (exact) mass is 247 g/mol. The van der Waals surface area contributed by atoms with E-state index in [-0.39, 0.29) is 18.1 Å². The summed E-state index contributed by atoms with van der Waals surface area (Å²) in [5.74, 6) is 0. The number of benzene rings is 1. The van der Waals surface area contributed by atoms with Crippen LogP contribution in [0.25, 0.3) is 0 Å². The number of aliphatic hydroxyl groups is 1. The van der Waals surface area contributed by atoms with Crippen LogP contribution < -0.4 is 5.73 Å². The maximum Gasteiger partial charge on any atom is 0.0595 e. The van der Waals surface area contributed by atoms with Crippen LogP contribution in [-0.4, -0.2) is 11.7 Å². The predicted octanol–water partition coefficient (Wildman–Crippen LogP) is 3.01. The fraction of sp³-hybridized carbons (Fsp3) is 0.455. The van der Waals surface area contributed by atoms with Crippen molar-refractivity contribution in [3.8, 4) is 0 Å². The van der Waals surface area contributed by atoms with Gasteiger partial charge in [0.2, 0.25) is 0 Å². The van der Waals surface area contributed by atoms with Crippen molar-refractivity contribution in [2.24, 2.45) is 11.1 Å². The van der Waals surface area contributed by atoms with E-state index in [4.69, 9.17) is 28.9 Å². The first-order chi connectivity index (χ1) is 6.88. The lowest BCUT2D eigenvalue weighted by Crippen LogP contribution is -2.32. The molecule has 0 aliphatic heterocycles. The minimum absolute atomic E-state index is 0.0222. The summed E-state index contributed by atoms with van der Waals surface area (Å²) in [5.41, 5.74) is 6.54. The number of hydrogen-bond acceptors (Lipinski definition) is 2. The van der Waals surface area contributed by atoms with Gasteiger partial charge in [-0.3, -0.25) is 0 Å². The van der Waals surface area contributed by atoms with Crippen LogP contribution >= 0.6 is 23.2 Å². The molecule has 0 radical (unpaired) electrons. The Bertz CT molecular complexity index is 352. The van der Waals surface area contributed by atoms with Gasteiger partial charge < -0.3 is 10.8 Å². The summed E-state index contributed by atoms with van der Waals surface area (Å²) in [6.07, 6.45) is 0. The van der Waals surface area contributed by atoms with Crippen LogP contribution in [0.4, 0.5) is 0 Å². The highest BCUT2D eigenvalue weighted by atomic mass is 35.5. The number of hydrogen-bond donors (Lipinski definition) is 2. The normalized spacial score (nSPS) is 14.0. The summed E-state index contributed by atoms with van der Waals surface area (Å²) in [6.45, 7) is 3.83. The second-order valence-electron chi connectivity index (χ2n) is 4.30. The minimum atomic E-state index is -0.378. The SMILES string of the molecule is CC(C)(CO)[C@@H](N)c1ccc(Cl)c(Cl)c1. The van der Waals surface area contributed by atoms with Gasteiger partial charge in [-0.15, -0.1) is 0 Å². The lowest BCUT2D eigenvalue weighted by Gasteiger charge is -2.29. The van der Waals surface area contributed by atoms with Crippen LogP contribution in [0.5, 0.6) is 0 Å². The summed E-state index contributed by atoms with van der Waals surface area (Å²) in [5, 5.41) is 10.2. The lowest BCUT2D eigenvalue weighted by molar-refractivity contribution is 0.132. The molecule has 0 amide bonds. The van der Waals surface area contributed by atoms with Gasteiger partial charge in [0.05, 0.1) is 10.0 Å². The summed E-state index contributed by atoms with van der Waals surface area (Å²) in [6, 6.07) is 5.02. The van der Waals surface area contributed by atoms with Gasteiger partial charge in [0.15, 0.2) is 0 Å². The van der Waals surface area contributed by atoms with E-state index in [9.17, 15) is 5.11 Å². The molecule has 0 spiro atoms. The van der Waals surface area contributed by atoms with E-state index in [2.05, 4.69) is 0 Å². The molecular weight excluding hydrogens is 233 g/mol. The van der Waals surface area contributed by atoms with Crippen LogP contribution in [0.3, 0.4) is 0 Å². The van der Waals surface area contributed by atoms with Gasteiger partial charge >= 0.3 is 0 Å². The zero-order valence-electron chi connectivity index (χ0n) is 8.80. The molecule has 84 valence electrons. The summed E-state index contributed by atoms with van der Waals surface area (Å²) >= 11 is 11.7. The fourth-order valence-corrected chi connectivity index (χ4v) is 1.56. The third-order valence-electron chi connectivity index (χ3n) is 2.55. The number of aliphatic hydroxyl groups excluding tert-OH is 1. The first-order valence-electron chi connectivity index (χ1n) is 4.70. The Morgan fingerprint density at radius 2 is 1.93 bits per heavy atom. The van der Waals surface area contributed by atoms with E-state index in [0.717, 1.165) is 5.56 Å². The molecule has 1 aromatic rings. The second-order valence-corrected chi connectivity index (χ2v) is 5.11. The van der Waals surface area contributed by atoms with Crippen LogP contribution in [0.1, 0.15) is 25.5 Å². The average molecular weight is 248 g/mol. The van der Waals surface area contributed by atoms with Gasteiger partial charge in [0.1, 0.15) is 0 Å². The first-order valence-corrected chi connectivity index (χ1v) is 5.45. The van der Waals surface area contributed by atoms with Gasteiger partial charge in [-0.25, -0.2) is 0 Å². The lowest BCUT2D eigenvalue weighted by atomic mass is 9.82. The first kappa shape index (κ1) is 12.8. The molecule has 0 saturated heterocycles. The van der Waals surface area contributed by atoms with Crippen molar-refractivity contribution in [2.75, 3.05) is 6.61 Å². The Kier molecular flexibility index (Phi) is 4.01. The van der Waals surface area contributed by atoms with Crippen molar-refractivity contribution in [3.63, 3.8) is 0 Å². The molecule has 0 saturated carbocycles. The van der Waals surface area contributed by atoms with Crippen LogP contribution in [0.2, 0.25) is 10.0 Å². The van der Waals surface area contributed by atoms with E-state index < -0.39 is 0 Å². The second kappa shape index (κ2) is 4.71. The van der Waals surface area contributed by atoms with Crippen molar-refractivity contribution in [1.82, 2.24) is 0 Å². The Labute approximate surface area is 100.0 Å². The number of nitrogens with two attached hydrogens (primary N) is 1. The topological polar surface area (TPSA) is 46.2 Å². The zero-order chi connectivity index (χ0) is 11.6. The van der Waals surface area contributed by atoms with E-state index in [1.165, 1.54) is 0 Å². The Morgan fingerprint density at radius 3 is 2.40 bits per heavy atom. The van der Waals surface area contributed by atoms with E-state index in [1.54, 1.807) is 12.1 Å². The molecule has 0 bridgehead atoms. The minimum Gasteiger partial charge on any atom is -0.396 e. The highest BCUT2D eigenvalue weighted by Crippen LogP contribution is 2.33. The van der Waals surface area contributed by atoms with Gasteiger partial charge in [0, 0.05) is 18.1 Å². The molecule has 0 unspecified atom stereocenters. The zero-order valence-corrected chi connectivity index (χ0v) is 10.3. The summed E-state index contributed by atoms with van der Waals surface area (Å²) in [4.78, 5) is 0. The molecule has 0 aliphatic rings. The summed E-state index contributed by atoms with van der Waals surface area (Å²) < 4.78 is 0. The molecule has 2 nitrogen and oxygen atoms in total. The molecule has 15 heavy (non-hydrogen) atoms. The third-order valence-corrected chi connectivity index (χ3v) is 3.29. The van der Waals surface area contributed by atoms with Crippen molar-refractivity contribution in [3.05, 3.63) is 33.8 Å². The van der Waals surface area contributed by atoms with Crippen LogP contribution in [0, 0.1) is 5.41 Å². The molecular formula is C11H15Cl2NO. The Balaban J connectivity index is 3.02. The van der Waals surface area contributed by atoms with Crippen molar-refractivity contribution in [2.45, 2.75) is 19.9 Å². The maximum atomic E-state index is 9.21. The van der Waals surface area contributed by atoms with E-state index in [0.29, 0.717) is 10.0 Å². The highest BCUT2D eigenvalue weighted by molar-refractivity contribution is 6.42. The molecule has 4 heteroatoms. The molecule has 1 rings (SSSR count). The molecule has 3 N–H and O–H groups in total. The van der Waals surface area contributed by atoms with Gasteiger partial charge in [0.25, 0.3) is 0 Å². The van der Waals surface area contributed by atoms with E-state index in [1.807, 2.05) is 19.9 Å². The molecule has 0 aromatic heterocycles. The number of halogens is 2. The van der Waals surface area contributed by atoms with Gasteiger partial charge in [-0.1, -0.05) is 43.1 Å². The van der Waals surface area contributed by atoms with Gasteiger partial charge in [-0.05, 0) is 17.7 Å². The van der Waals surface area contributed by atoms with E-state index >= 15 is 0 Å². The van der Waals surface area contributed by atoms with Crippen LogP contribution in [-0.2, 0) is 0 Å². The molecule has 1 aromatic carbocycles. The van der Waals surface area contributed by atoms with Crippen molar-refractivity contribution >= 4 is 23.2 Å². The van der Waals surface area contributed by atoms with Gasteiger partial charge in [-0.2, -0.15) is 0 Å². The summed E-state index contributed by atoms with van der Waals surface area (Å²) in [7, 11) is 0. The highest BCUT2D eigenvalue weighted by Gasteiger charge is 2.27. The Hall–Kier alpha value is -0.280. The van der Waals surface area contributed by atoms with Crippen molar-refractivity contribution < 1.29 is 5.11 Å². The maximum absolute atomic E-state index is 9.21. The quantitative estimate of drug-likeness (QED) is 0.863.